The minimum absolute atomic E-state index is 0. The van der Waals surface area contributed by atoms with Crippen molar-refractivity contribution in [1.82, 2.24) is 14.7 Å². The van der Waals surface area contributed by atoms with E-state index in [2.05, 4.69) is 4.28 Å². The predicted octanol–water partition coefficient (Wildman–Crippen LogP) is -8.77. The maximum Gasteiger partial charge on any atom is 1.00 e. The monoisotopic (exact) mass is 389 g/mol. The Kier molecular flexibility index (Phi) is 8.45. The van der Waals surface area contributed by atoms with E-state index < -0.39 is 44.7 Å². The van der Waals surface area contributed by atoms with E-state index >= 15 is 0 Å². The molecule has 0 aromatic rings. The van der Waals surface area contributed by atoms with E-state index in [0.717, 1.165) is 4.90 Å². The van der Waals surface area contributed by atoms with Gasteiger partial charge in [0.05, 0.1) is 6.04 Å². The van der Waals surface area contributed by atoms with Gasteiger partial charge in [0, 0.05) is 6.54 Å². The van der Waals surface area contributed by atoms with E-state index in [1.54, 1.807) is 0 Å². The van der Waals surface area contributed by atoms with Gasteiger partial charge in [-0.2, -0.15) is 9.35 Å². The Hall–Kier alpha value is 0.520. The molecule has 0 aromatic heterocycles. The molecule has 2 heterocycles. The Bertz CT molecular complexity index is 681. The Morgan fingerprint density at radius 1 is 1.17 bits per heavy atom. The molecule has 0 unspecified atom stereocenters. The predicted molar refractivity (Wildman–Crippen MR) is 59.4 cm³/mol. The number of carbonyl (C=O) groups is 2. The zero-order chi connectivity index (χ0) is 16.0. The van der Waals surface area contributed by atoms with Gasteiger partial charge in [-0.1, -0.05) is 0 Å². The van der Waals surface area contributed by atoms with Crippen LogP contribution in [0, 0.1) is 0 Å². The van der Waals surface area contributed by atoms with Crippen molar-refractivity contribution in [1.29, 1.82) is 0 Å². The number of piperidine rings is 1. The first kappa shape index (κ1) is 23.5. The fraction of sp³-hybridized carbons (Fsp3) is 0.714. The van der Waals surface area contributed by atoms with Crippen LogP contribution in [0.1, 0.15) is 12.8 Å². The molecular formula is C7H9N3Na2O9S2. The summed E-state index contributed by atoms with van der Waals surface area (Å²) >= 11 is 0. The van der Waals surface area contributed by atoms with Crippen molar-refractivity contribution >= 4 is 32.6 Å². The molecule has 0 aromatic carbocycles. The van der Waals surface area contributed by atoms with Crippen molar-refractivity contribution in [3.8, 4) is 0 Å². The third-order valence-electron chi connectivity index (χ3n) is 3.02. The van der Waals surface area contributed by atoms with Crippen LogP contribution in [0.2, 0.25) is 0 Å². The minimum atomic E-state index is -5.16. The quantitative estimate of drug-likeness (QED) is 0.278. The van der Waals surface area contributed by atoms with Gasteiger partial charge in [-0.05, 0) is 12.8 Å². The maximum absolute atomic E-state index is 11.9. The molecule has 2 atom stereocenters. The number of amides is 3. The first-order chi connectivity index (χ1) is 9.48. The number of carbonyl (C=O) groups excluding carboxylic acids is 2. The van der Waals surface area contributed by atoms with Gasteiger partial charge in [0.1, 0.15) is 6.04 Å². The van der Waals surface area contributed by atoms with Gasteiger partial charge < -0.3 is 14.0 Å². The number of nitrogens with one attached hydrogen (secondary N) is 1. The van der Waals surface area contributed by atoms with Gasteiger partial charge in [0.15, 0.2) is 10.3 Å². The summed E-state index contributed by atoms with van der Waals surface area (Å²) in [6, 6.07) is -3.09. The van der Waals surface area contributed by atoms with Crippen LogP contribution >= 0.6 is 0 Å². The molecular weight excluding hydrogens is 380 g/mol. The van der Waals surface area contributed by atoms with Crippen LogP contribution in [0.15, 0.2) is 0 Å². The van der Waals surface area contributed by atoms with E-state index in [1.807, 2.05) is 0 Å². The standard InChI is InChI=1S/C7H11N3O9S2.2Na/c11-6(8-20(13,14)15)5-2-1-4-3-9(5)7(12)10(4)19-21(16,17)18;;/h4-5H,1-3H2,(H,8,11)(H,13,14,15)(H,16,17,18);;/q;2*+1/p-2/t4-,5+;;/m1../s1. The average molecular weight is 389 g/mol. The van der Waals surface area contributed by atoms with Crippen LogP contribution in [0.25, 0.3) is 0 Å². The summed E-state index contributed by atoms with van der Waals surface area (Å²) in [4.78, 5) is 24.3. The second kappa shape index (κ2) is 8.27. The molecule has 2 fully saturated rings. The summed E-state index contributed by atoms with van der Waals surface area (Å²) in [5.41, 5.74) is 0. The molecule has 2 bridgehead atoms. The van der Waals surface area contributed by atoms with Gasteiger partial charge in [-0.25, -0.2) is 21.6 Å². The van der Waals surface area contributed by atoms with E-state index in [4.69, 9.17) is 0 Å². The van der Waals surface area contributed by atoms with Crippen LogP contribution < -0.4 is 63.8 Å². The van der Waals surface area contributed by atoms with Crippen LogP contribution in [-0.2, 0) is 29.8 Å². The number of urea groups is 1. The molecule has 1 N–H and O–H groups in total. The Morgan fingerprint density at radius 2 is 1.74 bits per heavy atom. The Labute approximate surface area is 176 Å². The van der Waals surface area contributed by atoms with E-state index in [9.17, 15) is 35.5 Å². The van der Waals surface area contributed by atoms with Crippen molar-refractivity contribution in [3.63, 3.8) is 0 Å². The van der Waals surface area contributed by atoms with Crippen molar-refractivity contribution < 1.29 is 98.9 Å². The number of fused-ring (bicyclic) bond motifs is 2. The minimum Gasteiger partial charge on any atom is -0.731 e. The van der Waals surface area contributed by atoms with Crippen LogP contribution in [-0.4, -0.2) is 66.5 Å². The van der Waals surface area contributed by atoms with Crippen molar-refractivity contribution in [2.45, 2.75) is 24.9 Å². The van der Waals surface area contributed by atoms with Crippen LogP contribution in [0.4, 0.5) is 4.79 Å². The fourth-order valence-electron chi connectivity index (χ4n) is 2.29. The van der Waals surface area contributed by atoms with E-state index in [1.165, 1.54) is 4.72 Å². The Morgan fingerprint density at radius 3 is 2.22 bits per heavy atom. The summed E-state index contributed by atoms with van der Waals surface area (Å²) in [5, 5.41) is 0.335. The molecule has 23 heavy (non-hydrogen) atoms. The molecule has 0 saturated carbocycles. The summed E-state index contributed by atoms with van der Waals surface area (Å²) in [6.07, 6.45) is 0.0747. The number of hydroxylamine groups is 2. The molecule has 0 radical (unpaired) electrons. The SMILES string of the molecule is O=C(NS(=O)(=O)[O-])[C@@H]1CC[C@@H]2CN1C(=O)N2OS(=O)(=O)[O-].[Na+].[Na+]. The van der Waals surface area contributed by atoms with Crippen LogP contribution in [0.5, 0.6) is 0 Å². The molecule has 2 aliphatic rings. The number of rotatable bonds is 4. The molecule has 0 spiro atoms. The third-order valence-corrected chi connectivity index (χ3v) is 3.82. The zero-order valence-corrected chi connectivity index (χ0v) is 17.8. The zero-order valence-electron chi connectivity index (χ0n) is 12.2. The van der Waals surface area contributed by atoms with Crippen molar-refractivity contribution in [2.24, 2.45) is 0 Å². The topological polar surface area (TPSA) is 176 Å². The Balaban J connectivity index is 0.00000242. The second-order valence-corrected chi connectivity index (χ2v) is 6.49. The summed E-state index contributed by atoms with van der Waals surface area (Å²) in [5.74, 6) is -1.20. The van der Waals surface area contributed by atoms with Gasteiger partial charge in [0.2, 0.25) is 10.4 Å². The maximum atomic E-state index is 11.9. The van der Waals surface area contributed by atoms with Crippen molar-refractivity contribution in [3.05, 3.63) is 0 Å². The first-order valence-corrected chi connectivity index (χ1v) is 8.25. The second-order valence-electron chi connectivity index (χ2n) is 4.41. The number of hydrogen-bond acceptors (Lipinski definition) is 9. The molecule has 2 rings (SSSR count). The number of nitrogens with zero attached hydrogens (tertiary/aromatic N) is 2. The summed E-state index contributed by atoms with van der Waals surface area (Å²) in [6.45, 7) is -0.134. The van der Waals surface area contributed by atoms with Gasteiger partial charge in [0.25, 0.3) is 5.91 Å². The van der Waals surface area contributed by atoms with E-state index in [0.29, 0.717) is 5.06 Å². The molecule has 0 aliphatic carbocycles. The third kappa shape index (κ3) is 6.07. The number of hydrogen-bond donors (Lipinski definition) is 1. The molecule has 12 nitrogen and oxygen atoms in total. The van der Waals surface area contributed by atoms with Crippen LogP contribution in [0.3, 0.4) is 0 Å². The molecule has 16 heteroatoms. The first-order valence-electron chi connectivity index (χ1n) is 5.50. The van der Waals surface area contributed by atoms with Crippen molar-refractivity contribution in [2.75, 3.05) is 6.54 Å². The largest absolute Gasteiger partial charge is 1.00 e. The average Bonchev–Trinajstić information content (AvgIpc) is 2.51. The van der Waals surface area contributed by atoms with E-state index in [-0.39, 0.29) is 78.5 Å². The smallest absolute Gasteiger partial charge is 0.731 e. The summed E-state index contributed by atoms with van der Waals surface area (Å²) in [7, 11) is -10.2. The van der Waals surface area contributed by atoms with Gasteiger partial charge in [-0.15, -0.1) is 0 Å². The molecule has 2 saturated heterocycles. The summed E-state index contributed by atoms with van der Waals surface area (Å²) < 4.78 is 68.2. The molecule has 2 aliphatic heterocycles. The normalized spacial score (nSPS) is 23.8. The van der Waals surface area contributed by atoms with Gasteiger partial charge >= 0.3 is 65.1 Å². The molecule has 3 amide bonds. The fourth-order valence-corrected chi connectivity index (χ4v) is 3.06. The van der Waals surface area contributed by atoms with Gasteiger partial charge in [-0.3, -0.25) is 9.52 Å². The molecule has 120 valence electrons.